The number of nitrogens with zero attached hydrogens (tertiary/aromatic N) is 2. The highest BCUT2D eigenvalue weighted by Crippen LogP contribution is 2.43. The zero-order chi connectivity index (χ0) is 18.0. The number of ether oxygens (including phenoxy) is 1. The van der Waals surface area contributed by atoms with Gasteiger partial charge in [-0.1, -0.05) is 30.3 Å². The van der Waals surface area contributed by atoms with Crippen LogP contribution in [0.2, 0.25) is 0 Å². The van der Waals surface area contributed by atoms with Crippen LogP contribution in [0.15, 0.2) is 30.3 Å². The molecule has 1 aliphatic carbocycles. The summed E-state index contributed by atoms with van der Waals surface area (Å²) in [6.45, 7) is 7.82. The van der Waals surface area contributed by atoms with Crippen LogP contribution in [0, 0.1) is 5.92 Å². The summed E-state index contributed by atoms with van der Waals surface area (Å²) in [5, 5.41) is 0. The molecule has 0 aromatic heterocycles. The maximum absolute atomic E-state index is 13.1. The van der Waals surface area contributed by atoms with Gasteiger partial charge in [0.15, 0.2) is 0 Å². The van der Waals surface area contributed by atoms with E-state index in [2.05, 4.69) is 12.1 Å². The smallest absolute Gasteiger partial charge is 0.410 e. The molecule has 1 aliphatic heterocycles. The minimum absolute atomic E-state index is 0.0331. The third-order valence-corrected chi connectivity index (χ3v) is 4.76. The molecular formula is C20H28N2O3. The molecule has 2 aliphatic rings. The number of carbonyl (C=O) groups is 2. The molecule has 25 heavy (non-hydrogen) atoms. The van der Waals surface area contributed by atoms with Gasteiger partial charge in [-0.25, -0.2) is 4.79 Å². The SMILES string of the molecule is CC(C)(C)OC(=O)N1CCN(C(=O)C(c2ccccc2)C2CC2)CC1. The van der Waals surface area contributed by atoms with Crippen LogP contribution < -0.4 is 0 Å². The first-order valence-corrected chi connectivity index (χ1v) is 9.17. The molecule has 1 saturated heterocycles. The van der Waals surface area contributed by atoms with E-state index in [4.69, 9.17) is 4.74 Å². The van der Waals surface area contributed by atoms with E-state index in [-0.39, 0.29) is 17.9 Å². The molecule has 1 heterocycles. The van der Waals surface area contributed by atoms with E-state index in [0.717, 1.165) is 18.4 Å². The lowest BCUT2D eigenvalue weighted by atomic mass is 9.92. The van der Waals surface area contributed by atoms with Crippen molar-refractivity contribution in [3.05, 3.63) is 35.9 Å². The number of benzene rings is 1. The number of carbonyl (C=O) groups excluding carboxylic acids is 2. The second-order valence-electron chi connectivity index (χ2n) is 8.02. The Hall–Kier alpha value is -2.04. The third kappa shape index (κ3) is 4.53. The minimum atomic E-state index is -0.492. The van der Waals surface area contributed by atoms with Crippen molar-refractivity contribution in [2.75, 3.05) is 26.2 Å². The minimum Gasteiger partial charge on any atom is -0.444 e. The molecule has 1 atom stereocenters. The molecule has 0 N–H and O–H groups in total. The summed E-state index contributed by atoms with van der Waals surface area (Å²) < 4.78 is 5.42. The summed E-state index contributed by atoms with van der Waals surface area (Å²) in [4.78, 5) is 28.9. The maximum atomic E-state index is 13.1. The third-order valence-electron chi connectivity index (χ3n) is 4.76. The van der Waals surface area contributed by atoms with E-state index >= 15 is 0 Å². The van der Waals surface area contributed by atoms with Crippen LogP contribution in [0.25, 0.3) is 0 Å². The van der Waals surface area contributed by atoms with Gasteiger partial charge < -0.3 is 14.5 Å². The van der Waals surface area contributed by atoms with Crippen molar-refractivity contribution in [3.8, 4) is 0 Å². The summed E-state index contributed by atoms with van der Waals surface area (Å²) in [5.41, 5.74) is 0.624. The van der Waals surface area contributed by atoms with Gasteiger partial charge in [-0.05, 0) is 45.1 Å². The van der Waals surface area contributed by atoms with Crippen LogP contribution in [0.5, 0.6) is 0 Å². The number of piperazine rings is 1. The summed E-state index contributed by atoms with van der Waals surface area (Å²) in [7, 11) is 0. The Morgan fingerprint density at radius 1 is 1.00 bits per heavy atom. The first-order chi connectivity index (χ1) is 11.8. The lowest BCUT2D eigenvalue weighted by Gasteiger charge is -2.37. The van der Waals surface area contributed by atoms with Crippen molar-refractivity contribution in [1.82, 2.24) is 9.80 Å². The average Bonchev–Trinajstić information content (AvgIpc) is 3.39. The fourth-order valence-corrected chi connectivity index (χ4v) is 3.34. The van der Waals surface area contributed by atoms with Crippen LogP contribution in [0.4, 0.5) is 4.79 Å². The van der Waals surface area contributed by atoms with Crippen molar-refractivity contribution in [2.45, 2.75) is 45.1 Å². The van der Waals surface area contributed by atoms with Crippen molar-refractivity contribution >= 4 is 12.0 Å². The predicted molar refractivity (Wildman–Crippen MR) is 96.3 cm³/mol. The molecule has 3 rings (SSSR count). The standard InChI is InChI=1S/C20H28N2O3/c1-20(2,3)25-19(24)22-13-11-21(12-14-22)18(23)17(16-9-10-16)15-7-5-4-6-8-15/h4-8,16-17H,9-14H2,1-3H3. The number of amides is 2. The van der Waals surface area contributed by atoms with Crippen LogP contribution in [-0.2, 0) is 9.53 Å². The largest absolute Gasteiger partial charge is 0.444 e. The normalized spacial score (nSPS) is 19.5. The number of hydrogen-bond donors (Lipinski definition) is 0. The van der Waals surface area contributed by atoms with Crippen LogP contribution in [0.3, 0.4) is 0 Å². The summed E-state index contributed by atoms with van der Waals surface area (Å²) in [6, 6.07) is 10.1. The molecule has 2 amide bonds. The topological polar surface area (TPSA) is 49.9 Å². The first kappa shape index (κ1) is 17.8. The molecule has 1 aromatic rings. The summed E-state index contributed by atoms with van der Waals surface area (Å²) >= 11 is 0. The first-order valence-electron chi connectivity index (χ1n) is 9.17. The second kappa shape index (κ2) is 7.06. The summed E-state index contributed by atoms with van der Waals surface area (Å²) in [5.74, 6) is 0.644. The fraction of sp³-hybridized carbons (Fsp3) is 0.600. The summed E-state index contributed by atoms with van der Waals surface area (Å²) in [6.07, 6.45) is 1.97. The number of hydrogen-bond acceptors (Lipinski definition) is 3. The van der Waals surface area contributed by atoms with Crippen molar-refractivity contribution < 1.29 is 14.3 Å². The lowest BCUT2D eigenvalue weighted by Crippen LogP contribution is -2.52. The van der Waals surface area contributed by atoms with Gasteiger partial charge in [-0.2, -0.15) is 0 Å². The zero-order valence-corrected chi connectivity index (χ0v) is 15.4. The highest BCUT2D eigenvalue weighted by molar-refractivity contribution is 5.84. The highest BCUT2D eigenvalue weighted by Gasteiger charge is 2.40. The Labute approximate surface area is 149 Å². The predicted octanol–water partition coefficient (Wildman–Crippen LogP) is 3.26. The quantitative estimate of drug-likeness (QED) is 0.846. The molecular weight excluding hydrogens is 316 g/mol. The van der Waals surface area contributed by atoms with E-state index in [1.165, 1.54) is 0 Å². The van der Waals surface area contributed by atoms with Gasteiger partial charge in [0, 0.05) is 26.2 Å². The van der Waals surface area contributed by atoms with Gasteiger partial charge in [0.25, 0.3) is 0 Å². The molecule has 1 aromatic carbocycles. The van der Waals surface area contributed by atoms with Gasteiger partial charge in [0.1, 0.15) is 5.60 Å². The molecule has 1 saturated carbocycles. The van der Waals surface area contributed by atoms with Crippen molar-refractivity contribution in [3.63, 3.8) is 0 Å². The van der Waals surface area contributed by atoms with E-state index in [1.807, 2.05) is 43.9 Å². The monoisotopic (exact) mass is 344 g/mol. The van der Waals surface area contributed by atoms with Crippen molar-refractivity contribution in [1.29, 1.82) is 0 Å². The van der Waals surface area contributed by atoms with Gasteiger partial charge in [0.2, 0.25) is 5.91 Å². The fourth-order valence-electron chi connectivity index (χ4n) is 3.34. The molecule has 136 valence electrons. The van der Waals surface area contributed by atoms with Gasteiger partial charge in [-0.3, -0.25) is 4.79 Å². The molecule has 2 fully saturated rings. The Morgan fingerprint density at radius 2 is 1.56 bits per heavy atom. The average molecular weight is 344 g/mol. The molecule has 5 heteroatoms. The van der Waals surface area contributed by atoms with E-state index < -0.39 is 5.60 Å². The second-order valence-corrected chi connectivity index (χ2v) is 8.02. The van der Waals surface area contributed by atoms with Crippen LogP contribution >= 0.6 is 0 Å². The van der Waals surface area contributed by atoms with Crippen molar-refractivity contribution in [2.24, 2.45) is 5.92 Å². The van der Waals surface area contributed by atoms with Gasteiger partial charge >= 0.3 is 6.09 Å². The number of rotatable bonds is 3. The van der Waals surface area contributed by atoms with Gasteiger partial charge in [0.05, 0.1) is 5.92 Å². The van der Waals surface area contributed by atoms with E-state index in [1.54, 1.807) is 4.90 Å². The van der Waals surface area contributed by atoms with Gasteiger partial charge in [-0.15, -0.1) is 0 Å². The Balaban J connectivity index is 1.60. The molecule has 0 radical (unpaired) electrons. The molecule has 5 nitrogen and oxygen atoms in total. The van der Waals surface area contributed by atoms with Crippen LogP contribution in [0.1, 0.15) is 45.1 Å². The molecule has 0 spiro atoms. The Bertz CT molecular complexity index is 612. The van der Waals surface area contributed by atoms with Crippen LogP contribution in [-0.4, -0.2) is 53.6 Å². The van der Waals surface area contributed by atoms with E-state index in [0.29, 0.717) is 32.1 Å². The molecule has 1 unspecified atom stereocenters. The molecule has 0 bridgehead atoms. The van der Waals surface area contributed by atoms with E-state index in [9.17, 15) is 9.59 Å². The lowest BCUT2D eigenvalue weighted by molar-refractivity contribution is -0.135. The highest BCUT2D eigenvalue weighted by atomic mass is 16.6. The maximum Gasteiger partial charge on any atom is 0.410 e. The zero-order valence-electron chi connectivity index (χ0n) is 15.4. The Morgan fingerprint density at radius 3 is 2.08 bits per heavy atom. The Kier molecular flexibility index (Phi) is 5.02.